The van der Waals surface area contributed by atoms with E-state index < -0.39 is 0 Å². The normalized spacial score (nSPS) is 19.0. The average molecular weight is 392 g/mol. The van der Waals surface area contributed by atoms with Gasteiger partial charge in [-0.25, -0.2) is 0 Å². The molecule has 29 heavy (non-hydrogen) atoms. The first-order valence-corrected chi connectivity index (χ1v) is 9.59. The number of rotatable bonds is 5. The predicted octanol–water partition coefficient (Wildman–Crippen LogP) is 3.16. The average Bonchev–Trinajstić information content (AvgIpc) is 3.29. The number of hydrogen-bond donors (Lipinski definition) is 2. The van der Waals surface area contributed by atoms with Crippen molar-refractivity contribution in [2.45, 2.75) is 25.3 Å². The van der Waals surface area contributed by atoms with Crippen LogP contribution in [0.1, 0.15) is 23.6 Å². The Balaban J connectivity index is 1.70. The van der Waals surface area contributed by atoms with E-state index in [9.17, 15) is 9.90 Å². The highest BCUT2D eigenvalue weighted by Crippen LogP contribution is 2.37. The number of ether oxygens (including phenoxy) is 1. The first-order valence-electron chi connectivity index (χ1n) is 9.59. The number of benzene rings is 1. The SMILES string of the molecule is C=CC(=O)N1C[C@@H](c2[nH]c3nnc(-c4ccccc4O)cc3c2C)C[C@H]1COC. The van der Waals surface area contributed by atoms with Gasteiger partial charge in [-0.2, -0.15) is 0 Å². The molecule has 2 aromatic heterocycles. The lowest BCUT2D eigenvalue weighted by atomic mass is 9.98. The summed E-state index contributed by atoms with van der Waals surface area (Å²) in [5.41, 5.74) is 4.11. The molecule has 0 bridgehead atoms. The summed E-state index contributed by atoms with van der Waals surface area (Å²) in [6, 6.07) is 9.05. The number of amides is 1. The summed E-state index contributed by atoms with van der Waals surface area (Å²) >= 11 is 0. The van der Waals surface area contributed by atoms with E-state index in [1.165, 1.54) is 6.08 Å². The van der Waals surface area contributed by atoms with Crippen molar-refractivity contribution in [3.63, 3.8) is 0 Å². The number of phenols is 1. The minimum Gasteiger partial charge on any atom is -0.507 e. The van der Waals surface area contributed by atoms with Gasteiger partial charge in [0.2, 0.25) is 5.91 Å². The van der Waals surface area contributed by atoms with Crippen molar-refractivity contribution in [1.82, 2.24) is 20.1 Å². The van der Waals surface area contributed by atoms with E-state index >= 15 is 0 Å². The number of carbonyl (C=O) groups excluding carboxylic acids is 1. The second-order valence-electron chi connectivity index (χ2n) is 7.41. The van der Waals surface area contributed by atoms with Crippen LogP contribution in [0.25, 0.3) is 22.3 Å². The molecule has 3 aromatic rings. The summed E-state index contributed by atoms with van der Waals surface area (Å²) in [6.45, 7) is 6.76. The molecular weight excluding hydrogens is 368 g/mol. The van der Waals surface area contributed by atoms with Crippen molar-refractivity contribution >= 4 is 16.9 Å². The quantitative estimate of drug-likeness (QED) is 0.651. The molecule has 0 saturated carbocycles. The van der Waals surface area contributed by atoms with E-state index in [0.29, 0.717) is 30.1 Å². The number of aromatic hydroxyl groups is 1. The van der Waals surface area contributed by atoms with Crippen LogP contribution in [-0.2, 0) is 9.53 Å². The molecule has 2 atom stereocenters. The fourth-order valence-corrected chi connectivity index (χ4v) is 4.23. The number of nitrogens with one attached hydrogen (secondary N) is 1. The molecule has 3 heterocycles. The lowest BCUT2D eigenvalue weighted by Gasteiger charge is -2.22. The zero-order valence-electron chi connectivity index (χ0n) is 16.6. The van der Waals surface area contributed by atoms with Gasteiger partial charge < -0.3 is 19.7 Å². The van der Waals surface area contributed by atoms with Gasteiger partial charge in [-0.05, 0) is 43.2 Å². The van der Waals surface area contributed by atoms with Gasteiger partial charge in [-0.3, -0.25) is 4.79 Å². The van der Waals surface area contributed by atoms with Gasteiger partial charge in [0.25, 0.3) is 0 Å². The van der Waals surface area contributed by atoms with E-state index in [0.717, 1.165) is 23.1 Å². The Hall–Kier alpha value is -3.19. The van der Waals surface area contributed by atoms with Crippen LogP contribution >= 0.6 is 0 Å². The highest BCUT2D eigenvalue weighted by atomic mass is 16.5. The van der Waals surface area contributed by atoms with E-state index in [1.807, 2.05) is 30.0 Å². The molecule has 4 rings (SSSR count). The van der Waals surface area contributed by atoms with Crippen molar-refractivity contribution in [3.05, 3.63) is 54.2 Å². The maximum atomic E-state index is 12.3. The number of H-pyrrole nitrogens is 1. The molecule has 0 unspecified atom stereocenters. The highest BCUT2D eigenvalue weighted by molar-refractivity contribution is 5.88. The third kappa shape index (κ3) is 3.38. The van der Waals surface area contributed by atoms with Crippen LogP contribution in [0, 0.1) is 6.92 Å². The number of aryl methyl sites for hydroxylation is 1. The van der Waals surface area contributed by atoms with Crippen molar-refractivity contribution in [3.8, 4) is 17.0 Å². The largest absolute Gasteiger partial charge is 0.507 e. The Morgan fingerprint density at radius 1 is 1.41 bits per heavy atom. The number of para-hydroxylation sites is 1. The molecule has 1 aromatic carbocycles. The molecule has 1 amide bonds. The monoisotopic (exact) mass is 392 g/mol. The Labute approximate surface area is 169 Å². The molecule has 0 radical (unpaired) electrons. The fraction of sp³-hybridized carbons (Fsp3) is 0.318. The fourth-order valence-electron chi connectivity index (χ4n) is 4.23. The number of likely N-dealkylation sites (tertiary alicyclic amines) is 1. The lowest BCUT2D eigenvalue weighted by molar-refractivity contribution is -0.127. The van der Waals surface area contributed by atoms with E-state index in [1.54, 1.807) is 19.2 Å². The summed E-state index contributed by atoms with van der Waals surface area (Å²) < 4.78 is 5.32. The molecule has 1 aliphatic rings. The molecule has 7 nitrogen and oxygen atoms in total. The molecule has 150 valence electrons. The maximum absolute atomic E-state index is 12.3. The van der Waals surface area contributed by atoms with Crippen molar-refractivity contribution in [2.75, 3.05) is 20.3 Å². The van der Waals surface area contributed by atoms with Crippen molar-refractivity contribution < 1.29 is 14.6 Å². The first kappa shape index (κ1) is 19.1. The minimum absolute atomic E-state index is 0.0178. The lowest BCUT2D eigenvalue weighted by Crippen LogP contribution is -2.37. The Morgan fingerprint density at radius 2 is 2.21 bits per heavy atom. The zero-order valence-corrected chi connectivity index (χ0v) is 16.6. The Bertz CT molecular complexity index is 1080. The van der Waals surface area contributed by atoms with E-state index in [4.69, 9.17) is 4.74 Å². The third-order valence-corrected chi connectivity index (χ3v) is 5.67. The number of nitrogens with zero attached hydrogens (tertiary/aromatic N) is 3. The van der Waals surface area contributed by atoms with Gasteiger partial charge in [0.05, 0.1) is 18.3 Å². The number of fused-ring (bicyclic) bond motifs is 1. The predicted molar refractivity (Wildman–Crippen MR) is 111 cm³/mol. The molecule has 0 aliphatic carbocycles. The topological polar surface area (TPSA) is 91.3 Å². The van der Waals surface area contributed by atoms with Gasteiger partial charge in [0, 0.05) is 36.2 Å². The molecule has 1 saturated heterocycles. The maximum Gasteiger partial charge on any atom is 0.246 e. The molecular formula is C22H24N4O3. The van der Waals surface area contributed by atoms with Crippen molar-refractivity contribution in [1.29, 1.82) is 0 Å². The van der Waals surface area contributed by atoms with Gasteiger partial charge in [-0.15, -0.1) is 10.2 Å². The first-order chi connectivity index (χ1) is 14.0. The number of carbonyl (C=O) groups is 1. The van der Waals surface area contributed by atoms with Crippen LogP contribution in [0.15, 0.2) is 43.0 Å². The Morgan fingerprint density at radius 3 is 2.93 bits per heavy atom. The zero-order chi connectivity index (χ0) is 20.5. The van der Waals surface area contributed by atoms with Crippen LogP contribution in [-0.4, -0.2) is 57.4 Å². The van der Waals surface area contributed by atoms with Crippen LogP contribution in [0.5, 0.6) is 5.75 Å². The summed E-state index contributed by atoms with van der Waals surface area (Å²) in [7, 11) is 1.65. The molecule has 1 fully saturated rings. The number of aromatic nitrogens is 3. The molecule has 0 spiro atoms. The number of aromatic amines is 1. The molecule has 2 N–H and O–H groups in total. The van der Waals surface area contributed by atoms with Crippen LogP contribution in [0.3, 0.4) is 0 Å². The highest BCUT2D eigenvalue weighted by Gasteiger charge is 2.36. The number of methoxy groups -OCH3 is 1. The summed E-state index contributed by atoms with van der Waals surface area (Å²) in [5, 5.41) is 19.7. The van der Waals surface area contributed by atoms with Gasteiger partial charge in [0.15, 0.2) is 5.65 Å². The van der Waals surface area contributed by atoms with Gasteiger partial charge in [-0.1, -0.05) is 18.7 Å². The van der Waals surface area contributed by atoms with Gasteiger partial charge >= 0.3 is 0 Å². The van der Waals surface area contributed by atoms with E-state index in [-0.39, 0.29) is 23.6 Å². The second-order valence-corrected chi connectivity index (χ2v) is 7.41. The summed E-state index contributed by atoms with van der Waals surface area (Å²) in [6.07, 6.45) is 2.16. The number of hydrogen-bond acceptors (Lipinski definition) is 5. The van der Waals surface area contributed by atoms with Crippen LogP contribution < -0.4 is 0 Å². The third-order valence-electron chi connectivity index (χ3n) is 5.67. The molecule has 7 heteroatoms. The van der Waals surface area contributed by atoms with Crippen LogP contribution in [0.2, 0.25) is 0 Å². The molecule has 1 aliphatic heterocycles. The number of phenolic OH excluding ortho intramolecular Hbond substituents is 1. The standard InChI is InChI=1S/C22H24N4O3/c1-4-20(28)26-11-14(9-15(26)12-29-3)21-13(2)17-10-18(24-25-22(17)23-21)16-7-5-6-8-19(16)27/h4-8,10,14-15,27H,1,9,11-12H2,2-3H3,(H,23,25)/t14-,15-/m0/s1. The van der Waals surface area contributed by atoms with Crippen LogP contribution in [0.4, 0.5) is 0 Å². The van der Waals surface area contributed by atoms with Crippen molar-refractivity contribution in [2.24, 2.45) is 0 Å². The second kappa shape index (κ2) is 7.67. The summed E-state index contributed by atoms with van der Waals surface area (Å²) in [5.74, 6) is 0.248. The minimum atomic E-state index is -0.0788. The van der Waals surface area contributed by atoms with Gasteiger partial charge in [0.1, 0.15) is 5.75 Å². The summed E-state index contributed by atoms with van der Waals surface area (Å²) in [4.78, 5) is 17.5. The smallest absolute Gasteiger partial charge is 0.246 e. The Kier molecular flexibility index (Phi) is 5.07. The van der Waals surface area contributed by atoms with E-state index in [2.05, 4.69) is 21.8 Å².